The number of carbonyl (C=O) groups is 1. The molecule has 0 aromatic heterocycles. The molecular weight excluding hydrogens is 140 g/mol. The van der Waals surface area contributed by atoms with Crippen molar-refractivity contribution in [3.05, 3.63) is 23.3 Å². The fourth-order valence-electron chi connectivity index (χ4n) is 0.801. The Hall–Kier alpha value is -1.05. The van der Waals surface area contributed by atoms with Gasteiger partial charge in [-0.3, -0.25) is 0 Å². The summed E-state index contributed by atoms with van der Waals surface area (Å²) in [6.07, 6.45) is 3.93. The molecule has 0 N–H and O–H groups in total. The van der Waals surface area contributed by atoms with Gasteiger partial charge in [0, 0.05) is 0 Å². The van der Waals surface area contributed by atoms with Crippen LogP contribution in [0.2, 0.25) is 0 Å². The normalized spacial score (nSPS) is 14.5. The number of carboxylic acids is 1. The number of hydrogen-bond donors (Lipinski definition) is 0. The van der Waals surface area contributed by atoms with Crippen molar-refractivity contribution in [3.8, 4) is 0 Å². The minimum absolute atomic E-state index is 0.382. The van der Waals surface area contributed by atoms with E-state index in [1.807, 2.05) is 20.8 Å². The van der Waals surface area contributed by atoms with Gasteiger partial charge in [0.25, 0.3) is 0 Å². The third kappa shape index (κ3) is 3.03. The van der Waals surface area contributed by atoms with Crippen molar-refractivity contribution < 1.29 is 9.90 Å². The quantitative estimate of drug-likeness (QED) is 0.564. The lowest BCUT2D eigenvalue weighted by Crippen LogP contribution is -2.23. The molecule has 11 heavy (non-hydrogen) atoms. The largest absolute Gasteiger partial charge is 0.545 e. The molecule has 0 amide bonds. The summed E-state index contributed by atoms with van der Waals surface area (Å²) in [5.74, 6) is -1.05. The molecule has 0 aromatic rings. The molecule has 0 radical (unpaired) electrons. The monoisotopic (exact) mass is 153 g/mol. The van der Waals surface area contributed by atoms with Gasteiger partial charge in [0.05, 0.1) is 5.97 Å². The number of hydrogen-bond acceptors (Lipinski definition) is 2. The van der Waals surface area contributed by atoms with E-state index in [0.29, 0.717) is 12.0 Å². The molecule has 0 bridgehead atoms. The van der Waals surface area contributed by atoms with Gasteiger partial charge in [-0.1, -0.05) is 31.6 Å². The molecule has 2 nitrogen and oxygen atoms in total. The summed E-state index contributed by atoms with van der Waals surface area (Å²) in [7, 11) is 0. The van der Waals surface area contributed by atoms with Gasteiger partial charge in [0.15, 0.2) is 0 Å². The number of rotatable bonds is 1. The van der Waals surface area contributed by atoms with Crippen LogP contribution in [0.15, 0.2) is 23.3 Å². The van der Waals surface area contributed by atoms with Gasteiger partial charge in [0.2, 0.25) is 0 Å². The average molecular weight is 153 g/mol. The van der Waals surface area contributed by atoms with Gasteiger partial charge in [-0.05, 0) is 18.9 Å². The van der Waals surface area contributed by atoms with Crippen molar-refractivity contribution in [1.29, 1.82) is 0 Å². The van der Waals surface area contributed by atoms with Crippen LogP contribution in [-0.4, -0.2) is 5.97 Å². The van der Waals surface area contributed by atoms with Crippen LogP contribution in [0.25, 0.3) is 0 Å². The van der Waals surface area contributed by atoms with Crippen LogP contribution in [-0.2, 0) is 4.79 Å². The Morgan fingerprint density at radius 2 is 2.00 bits per heavy atom. The van der Waals surface area contributed by atoms with Crippen LogP contribution in [0, 0.1) is 0 Å². The smallest absolute Gasteiger partial charge is 0.0678 e. The predicted molar refractivity (Wildman–Crippen MR) is 42.8 cm³/mol. The first-order valence-electron chi connectivity index (χ1n) is 3.78. The third-order valence-electron chi connectivity index (χ3n) is 1.30. The molecule has 0 unspecified atom stereocenters. The minimum Gasteiger partial charge on any atom is -0.545 e. The minimum atomic E-state index is -1.05. The SMILES string of the molecule is CC.CC1=CC=C(C(=O)[O-])C1. The van der Waals surface area contributed by atoms with Crippen molar-refractivity contribution in [3.63, 3.8) is 0 Å². The summed E-state index contributed by atoms with van der Waals surface area (Å²) in [4.78, 5) is 10.1. The molecule has 0 aromatic carbocycles. The third-order valence-corrected chi connectivity index (χ3v) is 1.30. The fraction of sp³-hybridized carbons (Fsp3) is 0.444. The van der Waals surface area contributed by atoms with Crippen LogP contribution in [0.1, 0.15) is 27.2 Å². The second-order valence-corrected chi connectivity index (χ2v) is 2.17. The highest BCUT2D eigenvalue weighted by Gasteiger charge is 2.03. The van der Waals surface area contributed by atoms with Crippen LogP contribution < -0.4 is 5.11 Å². The van der Waals surface area contributed by atoms with Crippen molar-refractivity contribution in [1.82, 2.24) is 0 Å². The lowest BCUT2D eigenvalue weighted by Gasteiger charge is -2.00. The molecule has 1 aliphatic rings. The highest BCUT2D eigenvalue weighted by atomic mass is 16.4. The van der Waals surface area contributed by atoms with E-state index in [1.165, 1.54) is 0 Å². The van der Waals surface area contributed by atoms with Crippen molar-refractivity contribution >= 4 is 5.97 Å². The topological polar surface area (TPSA) is 40.1 Å². The molecule has 62 valence electrons. The van der Waals surface area contributed by atoms with Crippen LogP contribution in [0.5, 0.6) is 0 Å². The first-order chi connectivity index (χ1) is 5.20. The Labute approximate surface area is 67.2 Å². The number of carboxylic acid groups (broad SMARTS) is 1. The summed E-state index contributed by atoms with van der Waals surface area (Å²) in [5, 5.41) is 10.1. The zero-order valence-corrected chi connectivity index (χ0v) is 7.18. The van der Waals surface area contributed by atoms with E-state index >= 15 is 0 Å². The zero-order valence-electron chi connectivity index (χ0n) is 7.18. The fourth-order valence-corrected chi connectivity index (χ4v) is 0.801. The Morgan fingerprint density at radius 1 is 1.45 bits per heavy atom. The average Bonchev–Trinajstić information content (AvgIpc) is 2.40. The first kappa shape index (κ1) is 9.95. The Bertz CT molecular complexity index is 200. The lowest BCUT2D eigenvalue weighted by molar-refractivity contribution is -0.299. The van der Waals surface area contributed by atoms with Gasteiger partial charge < -0.3 is 9.90 Å². The Morgan fingerprint density at radius 3 is 2.18 bits per heavy atom. The summed E-state index contributed by atoms with van der Waals surface area (Å²) >= 11 is 0. The highest BCUT2D eigenvalue weighted by molar-refractivity contribution is 5.86. The van der Waals surface area contributed by atoms with E-state index in [1.54, 1.807) is 12.2 Å². The van der Waals surface area contributed by atoms with Crippen molar-refractivity contribution in [2.75, 3.05) is 0 Å². The maximum Gasteiger partial charge on any atom is 0.0678 e. The van der Waals surface area contributed by atoms with E-state index in [4.69, 9.17) is 0 Å². The van der Waals surface area contributed by atoms with Gasteiger partial charge in [-0.2, -0.15) is 0 Å². The summed E-state index contributed by atoms with van der Waals surface area (Å²) in [6, 6.07) is 0. The molecule has 0 aliphatic heterocycles. The maximum atomic E-state index is 10.1. The summed E-state index contributed by atoms with van der Waals surface area (Å²) < 4.78 is 0. The number of allylic oxidation sites excluding steroid dienone is 3. The second-order valence-electron chi connectivity index (χ2n) is 2.17. The van der Waals surface area contributed by atoms with Crippen LogP contribution >= 0.6 is 0 Å². The number of carbonyl (C=O) groups excluding carboxylic acids is 1. The first-order valence-corrected chi connectivity index (χ1v) is 3.78. The molecule has 0 atom stereocenters. The Kier molecular flexibility index (Phi) is 4.27. The van der Waals surface area contributed by atoms with Crippen molar-refractivity contribution in [2.24, 2.45) is 0 Å². The number of aliphatic carboxylic acids is 1. The van der Waals surface area contributed by atoms with Crippen LogP contribution in [0.3, 0.4) is 0 Å². The van der Waals surface area contributed by atoms with E-state index in [2.05, 4.69) is 0 Å². The molecular formula is C9H13O2-. The maximum absolute atomic E-state index is 10.1. The van der Waals surface area contributed by atoms with E-state index in [0.717, 1.165) is 5.57 Å². The molecule has 1 rings (SSSR count). The molecule has 0 saturated carbocycles. The van der Waals surface area contributed by atoms with Gasteiger partial charge in [-0.15, -0.1) is 0 Å². The molecule has 0 fully saturated rings. The second kappa shape index (κ2) is 4.72. The molecule has 1 aliphatic carbocycles. The van der Waals surface area contributed by atoms with Crippen LogP contribution in [0.4, 0.5) is 0 Å². The molecule has 0 heterocycles. The van der Waals surface area contributed by atoms with E-state index < -0.39 is 5.97 Å². The summed E-state index contributed by atoms with van der Waals surface area (Å²) in [6.45, 7) is 5.90. The Balaban J connectivity index is 0.000000461. The highest BCUT2D eigenvalue weighted by Crippen LogP contribution is 2.16. The van der Waals surface area contributed by atoms with E-state index in [-0.39, 0.29) is 0 Å². The van der Waals surface area contributed by atoms with E-state index in [9.17, 15) is 9.90 Å². The van der Waals surface area contributed by atoms with Crippen molar-refractivity contribution in [2.45, 2.75) is 27.2 Å². The molecule has 2 heteroatoms. The zero-order chi connectivity index (χ0) is 8.85. The van der Waals surface area contributed by atoms with Gasteiger partial charge >= 0.3 is 0 Å². The molecule has 0 saturated heterocycles. The summed E-state index contributed by atoms with van der Waals surface area (Å²) in [5.41, 5.74) is 1.46. The predicted octanol–water partition coefficient (Wildman–Crippen LogP) is 1.04. The molecule has 0 spiro atoms. The van der Waals surface area contributed by atoms with Gasteiger partial charge in [0.1, 0.15) is 0 Å². The lowest BCUT2D eigenvalue weighted by atomic mass is 10.2. The van der Waals surface area contributed by atoms with Gasteiger partial charge in [-0.25, -0.2) is 0 Å². The standard InChI is InChI=1S/C7H8O2.C2H6/c1-5-2-3-6(4-5)7(8)9;1-2/h2-3H,4H2,1H3,(H,8,9);1-2H3/p-1.